The molecule has 1 fully saturated rings. The smallest absolute Gasteiger partial charge is 0.329 e. The van der Waals surface area contributed by atoms with Crippen LogP contribution in [0.2, 0.25) is 0 Å². The normalized spacial score (nSPS) is 16.2. The van der Waals surface area contributed by atoms with Gasteiger partial charge in [-0.1, -0.05) is 25.0 Å². The van der Waals surface area contributed by atoms with Gasteiger partial charge in [0.15, 0.2) is 0 Å². The van der Waals surface area contributed by atoms with E-state index in [1.54, 1.807) is 10.9 Å². The average Bonchev–Trinajstić information content (AvgIpc) is 3.20. The van der Waals surface area contributed by atoms with Crippen molar-refractivity contribution in [2.75, 3.05) is 0 Å². The number of rotatable bonds is 5. The second kappa shape index (κ2) is 6.24. The largest absolute Gasteiger partial charge is 0.480 e. The van der Waals surface area contributed by atoms with Gasteiger partial charge in [0.2, 0.25) is 5.91 Å². The number of carboxylic acid groups (broad SMARTS) is 1. The molecule has 2 aromatic rings. The summed E-state index contributed by atoms with van der Waals surface area (Å²) in [5.74, 6) is -1.18. The average molecular weight is 313 g/mol. The lowest BCUT2D eigenvalue weighted by molar-refractivity contribution is -0.147. The van der Waals surface area contributed by atoms with Crippen LogP contribution in [0.5, 0.6) is 0 Å². The molecule has 0 unspecified atom stereocenters. The standard InChI is InChI=1S/C17H19N3O3/c21-15(19-17(16(22)23)8-1-2-9-17)12-13-4-6-14(7-5-13)20-11-3-10-18-20/h3-7,10-11H,1-2,8-9,12H2,(H,19,21)(H,22,23). The highest BCUT2D eigenvalue weighted by Gasteiger charge is 2.42. The Hall–Kier alpha value is -2.63. The monoisotopic (exact) mass is 313 g/mol. The zero-order chi connectivity index (χ0) is 16.3. The molecule has 1 saturated carbocycles. The lowest BCUT2D eigenvalue weighted by atomic mass is 9.97. The maximum Gasteiger partial charge on any atom is 0.329 e. The molecule has 1 aromatic heterocycles. The van der Waals surface area contributed by atoms with Crippen LogP contribution in [0.15, 0.2) is 42.7 Å². The number of aliphatic carboxylic acids is 1. The second-order valence-corrected chi connectivity index (χ2v) is 5.94. The van der Waals surface area contributed by atoms with E-state index in [1.807, 2.05) is 36.5 Å². The van der Waals surface area contributed by atoms with Gasteiger partial charge in [0, 0.05) is 12.4 Å². The molecule has 1 amide bonds. The molecule has 0 saturated heterocycles. The number of aromatic nitrogens is 2. The number of hydrogen-bond donors (Lipinski definition) is 2. The first kappa shape index (κ1) is 15.3. The molecule has 1 aliphatic carbocycles. The lowest BCUT2D eigenvalue weighted by Gasteiger charge is -2.25. The fourth-order valence-corrected chi connectivity index (χ4v) is 3.06. The van der Waals surface area contributed by atoms with Gasteiger partial charge in [0.25, 0.3) is 0 Å². The minimum Gasteiger partial charge on any atom is -0.480 e. The molecule has 120 valence electrons. The lowest BCUT2D eigenvalue weighted by Crippen LogP contribution is -2.52. The summed E-state index contributed by atoms with van der Waals surface area (Å²) in [6, 6.07) is 9.34. The van der Waals surface area contributed by atoms with Crippen LogP contribution in [-0.2, 0) is 16.0 Å². The predicted octanol–water partition coefficient (Wildman–Crippen LogP) is 1.93. The number of nitrogens with one attached hydrogen (secondary N) is 1. The van der Waals surface area contributed by atoms with Gasteiger partial charge in [-0.15, -0.1) is 0 Å². The van der Waals surface area contributed by atoms with E-state index in [0.717, 1.165) is 24.1 Å². The number of nitrogens with zero attached hydrogens (tertiary/aromatic N) is 2. The molecule has 2 N–H and O–H groups in total. The highest BCUT2D eigenvalue weighted by atomic mass is 16.4. The number of carbonyl (C=O) groups is 2. The van der Waals surface area contributed by atoms with E-state index >= 15 is 0 Å². The minimum atomic E-state index is -1.08. The molecule has 1 heterocycles. The number of carboxylic acids is 1. The Kier molecular flexibility index (Phi) is 4.14. The van der Waals surface area contributed by atoms with Crippen LogP contribution < -0.4 is 5.32 Å². The predicted molar refractivity (Wildman–Crippen MR) is 84.2 cm³/mol. The molecule has 0 bridgehead atoms. The van der Waals surface area contributed by atoms with Crippen molar-refractivity contribution in [3.05, 3.63) is 48.3 Å². The van der Waals surface area contributed by atoms with E-state index in [-0.39, 0.29) is 12.3 Å². The van der Waals surface area contributed by atoms with Crippen LogP contribution in [0, 0.1) is 0 Å². The summed E-state index contributed by atoms with van der Waals surface area (Å²) in [7, 11) is 0. The molecule has 0 aliphatic heterocycles. The highest BCUT2D eigenvalue weighted by Crippen LogP contribution is 2.30. The zero-order valence-corrected chi connectivity index (χ0v) is 12.7. The van der Waals surface area contributed by atoms with Gasteiger partial charge in [-0.05, 0) is 36.6 Å². The van der Waals surface area contributed by atoms with E-state index < -0.39 is 11.5 Å². The fourth-order valence-electron chi connectivity index (χ4n) is 3.06. The molecule has 6 nitrogen and oxygen atoms in total. The molecule has 23 heavy (non-hydrogen) atoms. The van der Waals surface area contributed by atoms with Crippen LogP contribution >= 0.6 is 0 Å². The van der Waals surface area contributed by atoms with Crippen LogP contribution in [0.1, 0.15) is 31.2 Å². The summed E-state index contributed by atoms with van der Waals surface area (Å²) < 4.78 is 1.74. The summed E-state index contributed by atoms with van der Waals surface area (Å²) in [6.07, 6.45) is 6.41. The van der Waals surface area contributed by atoms with Crippen molar-refractivity contribution in [1.29, 1.82) is 0 Å². The first-order valence-corrected chi connectivity index (χ1v) is 7.72. The van der Waals surface area contributed by atoms with Crippen molar-refractivity contribution in [2.45, 2.75) is 37.6 Å². The van der Waals surface area contributed by atoms with Gasteiger partial charge in [-0.3, -0.25) is 4.79 Å². The van der Waals surface area contributed by atoms with Crippen molar-refractivity contribution in [2.24, 2.45) is 0 Å². The Labute approximate surface area is 134 Å². The molecule has 0 spiro atoms. The molecular weight excluding hydrogens is 294 g/mol. The molecule has 0 atom stereocenters. The second-order valence-electron chi connectivity index (χ2n) is 5.94. The quantitative estimate of drug-likeness (QED) is 0.883. The molecule has 0 radical (unpaired) electrons. The third-order valence-corrected chi connectivity index (χ3v) is 4.32. The van der Waals surface area contributed by atoms with Crippen molar-refractivity contribution >= 4 is 11.9 Å². The Morgan fingerprint density at radius 3 is 2.48 bits per heavy atom. The Bertz CT molecular complexity index is 686. The summed E-state index contributed by atoms with van der Waals surface area (Å²) in [4.78, 5) is 23.7. The SMILES string of the molecule is O=C(Cc1ccc(-n2cccn2)cc1)NC1(C(=O)O)CCCC1. The van der Waals surface area contributed by atoms with Gasteiger partial charge in [-0.2, -0.15) is 5.10 Å². The molecule has 6 heteroatoms. The summed E-state index contributed by atoms with van der Waals surface area (Å²) in [5, 5.41) is 16.3. The molecule has 1 aromatic carbocycles. The third kappa shape index (κ3) is 3.26. The topological polar surface area (TPSA) is 84.2 Å². The molecule has 3 rings (SSSR count). The number of hydrogen-bond acceptors (Lipinski definition) is 3. The highest BCUT2D eigenvalue weighted by molar-refractivity contribution is 5.88. The van der Waals surface area contributed by atoms with Crippen LogP contribution in [0.4, 0.5) is 0 Å². The van der Waals surface area contributed by atoms with E-state index in [4.69, 9.17) is 0 Å². The third-order valence-electron chi connectivity index (χ3n) is 4.32. The van der Waals surface area contributed by atoms with Gasteiger partial charge >= 0.3 is 5.97 Å². The van der Waals surface area contributed by atoms with E-state index in [9.17, 15) is 14.7 Å². The Morgan fingerprint density at radius 2 is 1.91 bits per heavy atom. The first-order valence-electron chi connectivity index (χ1n) is 7.72. The van der Waals surface area contributed by atoms with Crippen molar-refractivity contribution in [3.8, 4) is 5.69 Å². The number of carbonyl (C=O) groups excluding carboxylic acids is 1. The number of benzene rings is 1. The van der Waals surface area contributed by atoms with E-state index in [0.29, 0.717) is 12.8 Å². The first-order chi connectivity index (χ1) is 11.1. The van der Waals surface area contributed by atoms with Gasteiger partial charge < -0.3 is 10.4 Å². The fraction of sp³-hybridized carbons (Fsp3) is 0.353. The van der Waals surface area contributed by atoms with Crippen molar-refractivity contribution < 1.29 is 14.7 Å². The zero-order valence-electron chi connectivity index (χ0n) is 12.7. The van der Waals surface area contributed by atoms with Crippen molar-refractivity contribution in [3.63, 3.8) is 0 Å². The van der Waals surface area contributed by atoms with Gasteiger partial charge in [0.05, 0.1) is 12.1 Å². The van der Waals surface area contributed by atoms with Gasteiger partial charge in [0.1, 0.15) is 5.54 Å². The van der Waals surface area contributed by atoms with Gasteiger partial charge in [-0.25, -0.2) is 9.48 Å². The van der Waals surface area contributed by atoms with E-state index in [2.05, 4.69) is 10.4 Å². The minimum absolute atomic E-state index is 0.175. The van der Waals surface area contributed by atoms with Crippen LogP contribution in [0.25, 0.3) is 5.69 Å². The maximum atomic E-state index is 12.2. The molecular formula is C17H19N3O3. The summed E-state index contributed by atoms with van der Waals surface area (Å²) >= 11 is 0. The Balaban J connectivity index is 1.65. The Morgan fingerprint density at radius 1 is 1.22 bits per heavy atom. The number of amides is 1. The molecule has 1 aliphatic rings. The maximum absolute atomic E-state index is 12.2. The summed E-state index contributed by atoms with van der Waals surface area (Å²) in [5.41, 5.74) is 0.681. The van der Waals surface area contributed by atoms with Crippen LogP contribution in [0.3, 0.4) is 0 Å². The van der Waals surface area contributed by atoms with Crippen molar-refractivity contribution in [1.82, 2.24) is 15.1 Å². The van der Waals surface area contributed by atoms with Crippen LogP contribution in [-0.4, -0.2) is 32.3 Å². The summed E-state index contributed by atoms with van der Waals surface area (Å²) in [6.45, 7) is 0. The van der Waals surface area contributed by atoms with E-state index in [1.165, 1.54) is 0 Å².